The van der Waals surface area contributed by atoms with Crippen LogP contribution in [0.2, 0.25) is 0 Å². The molecule has 1 aromatic carbocycles. The molecule has 7 heteroatoms. The second-order valence-electron chi connectivity index (χ2n) is 7.15. The van der Waals surface area contributed by atoms with Gasteiger partial charge in [0.1, 0.15) is 6.54 Å². The van der Waals surface area contributed by atoms with E-state index in [2.05, 4.69) is 6.92 Å². The number of nitrogens with zero attached hydrogens (tertiary/aromatic N) is 3. The summed E-state index contributed by atoms with van der Waals surface area (Å²) in [6, 6.07) is 5.64. The van der Waals surface area contributed by atoms with Gasteiger partial charge in [0.25, 0.3) is 0 Å². The molecule has 25 heavy (non-hydrogen) atoms. The zero-order chi connectivity index (χ0) is 18.8. The van der Waals surface area contributed by atoms with E-state index in [4.69, 9.17) is 0 Å². The molecule has 1 aromatic rings. The highest BCUT2D eigenvalue weighted by molar-refractivity contribution is 7.90. The molecule has 0 atom stereocenters. The van der Waals surface area contributed by atoms with Gasteiger partial charge in [-0.05, 0) is 49.8 Å². The van der Waals surface area contributed by atoms with E-state index in [0.29, 0.717) is 24.7 Å². The Hall–Kier alpha value is -1.60. The Morgan fingerprint density at radius 1 is 1.20 bits per heavy atom. The van der Waals surface area contributed by atoms with Gasteiger partial charge in [0.05, 0.1) is 5.69 Å². The highest BCUT2D eigenvalue weighted by atomic mass is 32.2. The minimum absolute atomic E-state index is 0.141. The second-order valence-corrected chi connectivity index (χ2v) is 9.22. The number of likely N-dealkylation sites (tertiary alicyclic amines) is 1. The SMILES string of the molecule is Cc1ccc(C)c(N(CC(=O)N2CCC(C)CC2)S(=O)(=O)N(C)C)c1. The molecule has 0 spiro atoms. The first-order valence-electron chi connectivity index (χ1n) is 8.68. The van der Waals surface area contributed by atoms with Crippen LogP contribution in [0.3, 0.4) is 0 Å². The highest BCUT2D eigenvalue weighted by Crippen LogP contribution is 2.26. The van der Waals surface area contributed by atoms with Gasteiger partial charge in [-0.3, -0.25) is 4.79 Å². The van der Waals surface area contributed by atoms with Gasteiger partial charge < -0.3 is 4.90 Å². The number of anilines is 1. The lowest BCUT2D eigenvalue weighted by Gasteiger charge is -2.34. The van der Waals surface area contributed by atoms with Crippen LogP contribution in [0.15, 0.2) is 18.2 Å². The first kappa shape index (κ1) is 19.7. The zero-order valence-corrected chi connectivity index (χ0v) is 16.6. The van der Waals surface area contributed by atoms with E-state index in [9.17, 15) is 13.2 Å². The third kappa shape index (κ3) is 4.52. The van der Waals surface area contributed by atoms with Crippen molar-refractivity contribution in [3.05, 3.63) is 29.3 Å². The topological polar surface area (TPSA) is 60.9 Å². The molecule has 2 rings (SSSR count). The summed E-state index contributed by atoms with van der Waals surface area (Å²) in [5.41, 5.74) is 2.35. The lowest BCUT2D eigenvalue weighted by molar-refractivity contribution is -0.130. The lowest BCUT2D eigenvalue weighted by Crippen LogP contribution is -2.48. The summed E-state index contributed by atoms with van der Waals surface area (Å²) < 4.78 is 28.1. The van der Waals surface area contributed by atoms with Crippen molar-refractivity contribution in [3.8, 4) is 0 Å². The van der Waals surface area contributed by atoms with Gasteiger partial charge in [-0.25, -0.2) is 4.31 Å². The van der Waals surface area contributed by atoms with Gasteiger partial charge in [-0.1, -0.05) is 19.1 Å². The number of benzene rings is 1. The van der Waals surface area contributed by atoms with Crippen LogP contribution in [0.5, 0.6) is 0 Å². The summed E-state index contributed by atoms with van der Waals surface area (Å²) in [6.45, 7) is 7.18. The number of hydrogen-bond acceptors (Lipinski definition) is 3. The van der Waals surface area contributed by atoms with Gasteiger partial charge in [0, 0.05) is 27.2 Å². The van der Waals surface area contributed by atoms with Crippen molar-refractivity contribution in [2.24, 2.45) is 5.92 Å². The van der Waals surface area contributed by atoms with Gasteiger partial charge in [0.15, 0.2) is 0 Å². The molecule has 0 aliphatic carbocycles. The van der Waals surface area contributed by atoms with E-state index < -0.39 is 10.2 Å². The fraction of sp³-hybridized carbons (Fsp3) is 0.611. The molecule has 6 nitrogen and oxygen atoms in total. The molecule has 1 fully saturated rings. The summed E-state index contributed by atoms with van der Waals surface area (Å²) >= 11 is 0. The Bertz CT molecular complexity index is 723. The fourth-order valence-electron chi connectivity index (χ4n) is 2.96. The van der Waals surface area contributed by atoms with Crippen molar-refractivity contribution >= 4 is 21.8 Å². The number of hydrogen-bond donors (Lipinski definition) is 0. The second kappa shape index (κ2) is 7.74. The molecule has 0 N–H and O–H groups in total. The van der Waals surface area contributed by atoms with Crippen molar-refractivity contribution in [2.45, 2.75) is 33.6 Å². The normalized spacial score (nSPS) is 16.3. The van der Waals surface area contributed by atoms with Crippen LogP contribution in [-0.2, 0) is 15.0 Å². The molecule has 1 saturated heterocycles. The van der Waals surface area contributed by atoms with E-state index in [1.54, 1.807) is 4.90 Å². The Kier molecular flexibility index (Phi) is 6.11. The first-order valence-corrected chi connectivity index (χ1v) is 10.1. The Morgan fingerprint density at radius 3 is 2.36 bits per heavy atom. The summed E-state index contributed by atoms with van der Waals surface area (Å²) in [7, 11) is -0.783. The van der Waals surface area contributed by atoms with Crippen molar-refractivity contribution in [1.29, 1.82) is 0 Å². The molecule has 140 valence electrons. The van der Waals surface area contributed by atoms with E-state index in [1.807, 2.05) is 32.0 Å². The first-order chi connectivity index (χ1) is 11.6. The molecule has 1 heterocycles. The molecular weight excluding hydrogens is 338 g/mol. The number of rotatable bonds is 5. The van der Waals surface area contributed by atoms with Crippen LogP contribution in [0, 0.1) is 19.8 Å². The van der Waals surface area contributed by atoms with Crippen molar-refractivity contribution in [2.75, 3.05) is 38.0 Å². The molecular formula is C18H29N3O3S. The summed E-state index contributed by atoms with van der Waals surface area (Å²) in [4.78, 5) is 14.5. The predicted octanol–water partition coefficient (Wildman–Crippen LogP) is 2.17. The van der Waals surface area contributed by atoms with E-state index in [1.165, 1.54) is 18.4 Å². The van der Waals surface area contributed by atoms with Gasteiger partial charge in [-0.15, -0.1) is 0 Å². The molecule has 0 aromatic heterocycles. The number of piperidine rings is 1. The summed E-state index contributed by atoms with van der Waals surface area (Å²) in [6.07, 6.45) is 1.94. The van der Waals surface area contributed by atoms with Gasteiger partial charge >= 0.3 is 10.2 Å². The maximum Gasteiger partial charge on any atom is 0.304 e. The molecule has 0 saturated carbocycles. The lowest BCUT2D eigenvalue weighted by atomic mass is 9.99. The van der Waals surface area contributed by atoms with Gasteiger partial charge in [0.2, 0.25) is 5.91 Å². The Morgan fingerprint density at radius 2 is 1.80 bits per heavy atom. The predicted molar refractivity (Wildman–Crippen MR) is 101 cm³/mol. The maximum atomic E-state index is 12.8. The van der Waals surface area contributed by atoms with Crippen molar-refractivity contribution < 1.29 is 13.2 Å². The third-order valence-electron chi connectivity index (χ3n) is 4.79. The van der Waals surface area contributed by atoms with Crippen LogP contribution in [0.4, 0.5) is 5.69 Å². The average molecular weight is 368 g/mol. The van der Waals surface area contributed by atoms with E-state index >= 15 is 0 Å². The van der Waals surface area contributed by atoms with Crippen LogP contribution in [-0.4, -0.2) is 57.3 Å². The zero-order valence-electron chi connectivity index (χ0n) is 15.8. The minimum Gasteiger partial charge on any atom is -0.341 e. The Labute approximate surface area is 151 Å². The molecule has 1 amide bonds. The quantitative estimate of drug-likeness (QED) is 0.801. The van der Waals surface area contributed by atoms with Gasteiger partial charge in [-0.2, -0.15) is 12.7 Å². The Balaban J connectivity index is 2.33. The van der Waals surface area contributed by atoms with E-state index in [0.717, 1.165) is 28.3 Å². The summed E-state index contributed by atoms with van der Waals surface area (Å²) in [5, 5.41) is 0. The number of aryl methyl sites for hydroxylation is 2. The largest absolute Gasteiger partial charge is 0.341 e. The van der Waals surface area contributed by atoms with Crippen molar-refractivity contribution in [1.82, 2.24) is 9.21 Å². The molecule has 0 bridgehead atoms. The molecule has 0 unspecified atom stereocenters. The third-order valence-corrected chi connectivity index (χ3v) is 6.59. The molecule has 1 aliphatic rings. The standard InChI is InChI=1S/C18H29N3O3S/c1-14-8-10-20(11-9-14)18(22)13-21(25(23,24)19(4)5)17-12-15(2)6-7-16(17)3/h6-7,12,14H,8-11,13H2,1-5H3. The maximum absolute atomic E-state index is 12.8. The molecule has 1 aliphatic heterocycles. The van der Waals surface area contributed by atoms with Crippen LogP contribution >= 0.6 is 0 Å². The number of carbonyl (C=O) groups excluding carboxylic acids is 1. The summed E-state index contributed by atoms with van der Waals surface area (Å²) in [5.74, 6) is 0.475. The molecule has 0 radical (unpaired) electrons. The van der Waals surface area contributed by atoms with Crippen LogP contribution in [0.25, 0.3) is 0 Å². The highest BCUT2D eigenvalue weighted by Gasteiger charge is 2.31. The smallest absolute Gasteiger partial charge is 0.304 e. The fourth-order valence-corrected chi connectivity index (χ4v) is 4.07. The number of carbonyl (C=O) groups is 1. The van der Waals surface area contributed by atoms with Crippen molar-refractivity contribution in [3.63, 3.8) is 0 Å². The minimum atomic E-state index is -3.76. The monoisotopic (exact) mass is 367 g/mol. The van der Waals surface area contributed by atoms with Crippen LogP contribution < -0.4 is 4.31 Å². The average Bonchev–Trinajstić information content (AvgIpc) is 2.55. The number of amides is 1. The van der Waals surface area contributed by atoms with Crippen LogP contribution in [0.1, 0.15) is 30.9 Å². The van der Waals surface area contributed by atoms with E-state index in [-0.39, 0.29) is 12.5 Å².